The Morgan fingerprint density at radius 3 is 2.89 bits per heavy atom. The first-order chi connectivity index (χ1) is 9.31. The van der Waals surface area contributed by atoms with Gasteiger partial charge < -0.3 is 10.0 Å². The summed E-state index contributed by atoms with van der Waals surface area (Å²) in [5, 5.41) is 10.3. The van der Waals surface area contributed by atoms with Gasteiger partial charge in [0.2, 0.25) is 0 Å². The molecule has 19 heavy (non-hydrogen) atoms. The summed E-state index contributed by atoms with van der Waals surface area (Å²) < 4.78 is 1.27. The molecule has 1 aromatic heterocycles. The van der Waals surface area contributed by atoms with E-state index in [1.807, 2.05) is 0 Å². The SMILES string of the molecule is CSc1cccc2sc(N3CCC(CO)CC3)nc12. The molecule has 3 nitrogen and oxygen atoms in total. The Kier molecular flexibility index (Phi) is 3.96. The Hall–Kier alpha value is -0.780. The van der Waals surface area contributed by atoms with E-state index in [1.165, 1.54) is 9.60 Å². The number of para-hydroxylation sites is 1. The molecule has 0 atom stereocenters. The number of aliphatic hydroxyl groups is 1. The minimum Gasteiger partial charge on any atom is -0.396 e. The number of fused-ring (bicyclic) bond motifs is 1. The Morgan fingerprint density at radius 1 is 1.42 bits per heavy atom. The monoisotopic (exact) mass is 294 g/mol. The number of thiazole rings is 1. The molecule has 1 aromatic carbocycles. The molecule has 0 saturated carbocycles. The maximum atomic E-state index is 9.20. The van der Waals surface area contributed by atoms with E-state index < -0.39 is 0 Å². The molecular formula is C14H18N2OS2. The van der Waals surface area contributed by atoms with Crippen LogP contribution in [0.4, 0.5) is 5.13 Å². The fraction of sp³-hybridized carbons (Fsp3) is 0.500. The maximum Gasteiger partial charge on any atom is 0.186 e. The van der Waals surface area contributed by atoms with Gasteiger partial charge in [-0.05, 0) is 37.1 Å². The van der Waals surface area contributed by atoms with Gasteiger partial charge in [0.1, 0.15) is 0 Å². The summed E-state index contributed by atoms with van der Waals surface area (Å²) in [7, 11) is 0. The van der Waals surface area contributed by atoms with Gasteiger partial charge in [0, 0.05) is 24.6 Å². The van der Waals surface area contributed by atoms with E-state index in [-0.39, 0.29) is 0 Å². The third kappa shape index (κ3) is 2.59. The summed E-state index contributed by atoms with van der Waals surface area (Å²) in [6.07, 6.45) is 4.24. The number of rotatable bonds is 3. The van der Waals surface area contributed by atoms with Gasteiger partial charge in [0.25, 0.3) is 0 Å². The Labute approximate surface area is 121 Å². The zero-order valence-electron chi connectivity index (χ0n) is 11.0. The molecule has 2 aromatic rings. The molecule has 0 bridgehead atoms. The molecule has 2 heterocycles. The lowest BCUT2D eigenvalue weighted by Crippen LogP contribution is -2.34. The lowest BCUT2D eigenvalue weighted by atomic mass is 9.98. The highest BCUT2D eigenvalue weighted by Crippen LogP contribution is 2.35. The molecule has 1 fully saturated rings. The number of aromatic nitrogens is 1. The van der Waals surface area contributed by atoms with Gasteiger partial charge in [0.15, 0.2) is 5.13 Å². The highest BCUT2D eigenvalue weighted by molar-refractivity contribution is 7.98. The highest BCUT2D eigenvalue weighted by atomic mass is 32.2. The number of thioether (sulfide) groups is 1. The Bertz CT molecular complexity index is 562. The van der Waals surface area contributed by atoms with Crippen LogP contribution in [0.25, 0.3) is 10.2 Å². The first kappa shape index (κ1) is 13.2. The van der Waals surface area contributed by atoms with Gasteiger partial charge in [-0.25, -0.2) is 4.98 Å². The third-order valence-corrected chi connectivity index (χ3v) is 5.58. The van der Waals surface area contributed by atoms with Crippen LogP contribution in [0.3, 0.4) is 0 Å². The second kappa shape index (κ2) is 5.69. The number of nitrogens with zero attached hydrogens (tertiary/aromatic N) is 2. The summed E-state index contributed by atoms with van der Waals surface area (Å²) in [5.74, 6) is 0.479. The van der Waals surface area contributed by atoms with Gasteiger partial charge in [0.05, 0.1) is 10.2 Å². The van der Waals surface area contributed by atoms with Crippen molar-refractivity contribution in [1.82, 2.24) is 4.98 Å². The van der Waals surface area contributed by atoms with Crippen molar-refractivity contribution in [3.8, 4) is 0 Å². The van der Waals surface area contributed by atoms with Crippen molar-refractivity contribution in [2.24, 2.45) is 5.92 Å². The standard InChI is InChI=1S/C14H18N2OS2/c1-18-11-3-2-4-12-13(11)15-14(19-12)16-7-5-10(9-17)6-8-16/h2-4,10,17H,5-9H2,1H3. The van der Waals surface area contributed by atoms with Crippen LogP contribution in [0.1, 0.15) is 12.8 Å². The molecule has 3 rings (SSSR count). The second-order valence-electron chi connectivity index (χ2n) is 4.92. The summed E-state index contributed by atoms with van der Waals surface area (Å²) in [6.45, 7) is 2.35. The molecular weight excluding hydrogens is 276 g/mol. The molecule has 1 aliphatic rings. The van der Waals surface area contributed by atoms with E-state index >= 15 is 0 Å². The predicted octanol–water partition coefficient (Wildman–Crippen LogP) is 3.23. The Morgan fingerprint density at radius 2 is 2.21 bits per heavy atom. The zero-order valence-corrected chi connectivity index (χ0v) is 12.6. The van der Waals surface area contributed by atoms with Crippen LogP contribution in [-0.2, 0) is 0 Å². The lowest BCUT2D eigenvalue weighted by Gasteiger charge is -2.30. The molecule has 102 valence electrons. The number of piperidine rings is 1. The summed E-state index contributed by atoms with van der Waals surface area (Å²) in [4.78, 5) is 8.44. The van der Waals surface area contributed by atoms with Gasteiger partial charge in [-0.3, -0.25) is 0 Å². The number of hydrogen-bond donors (Lipinski definition) is 1. The van der Waals surface area contributed by atoms with Crippen molar-refractivity contribution in [3.05, 3.63) is 18.2 Å². The second-order valence-corrected chi connectivity index (χ2v) is 6.77. The molecule has 1 aliphatic heterocycles. The summed E-state index contributed by atoms with van der Waals surface area (Å²) in [5.41, 5.74) is 1.14. The van der Waals surface area contributed by atoms with Crippen molar-refractivity contribution < 1.29 is 5.11 Å². The van der Waals surface area contributed by atoms with E-state index in [4.69, 9.17) is 4.98 Å². The van der Waals surface area contributed by atoms with Crippen LogP contribution < -0.4 is 4.90 Å². The number of aliphatic hydroxyl groups excluding tert-OH is 1. The molecule has 1 saturated heterocycles. The predicted molar refractivity (Wildman–Crippen MR) is 83.4 cm³/mol. The van der Waals surface area contributed by atoms with E-state index in [9.17, 15) is 5.11 Å². The van der Waals surface area contributed by atoms with Gasteiger partial charge >= 0.3 is 0 Å². The largest absolute Gasteiger partial charge is 0.396 e. The molecule has 0 unspecified atom stereocenters. The van der Waals surface area contributed by atoms with E-state index in [1.54, 1.807) is 23.1 Å². The zero-order chi connectivity index (χ0) is 13.2. The van der Waals surface area contributed by atoms with Crippen LogP contribution in [0.5, 0.6) is 0 Å². The average molecular weight is 294 g/mol. The van der Waals surface area contributed by atoms with Gasteiger partial charge in [-0.15, -0.1) is 11.8 Å². The van der Waals surface area contributed by atoms with E-state index in [0.717, 1.165) is 36.6 Å². The number of benzene rings is 1. The fourth-order valence-corrected chi connectivity index (χ4v) is 4.19. The van der Waals surface area contributed by atoms with Gasteiger partial charge in [-0.2, -0.15) is 0 Å². The van der Waals surface area contributed by atoms with Crippen molar-refractivity contribution in [3.63, 3.8) is 0 Å². The summed E-state index contributed by atoms with van der Waals surface area (Å²) in [6, 6.07) is 6.39. The minimum absolute atomic E-state index is 0.324. The highest BCUT2D eigenvalue weighted by Gasteiger charge is 2.21. The first-order valence-electron chi connectivity index (χ1n) is 6.61. The van der Waals surface area contributed by atoms with Crippen LogP contribution in [0.2, 0.25) is 0 Å². The van der Waals surface area contributed by atoms with Crippen LogP contribution in [0.15, 0.2) is 23.1 Å². The topological polar surface area (TPSA) is 36.4 Å². The lowest BCUT2D eigenvalue weighted by molar-refractivity contribution is 0.203. The fourth-order valence-electron chi connectivity index (χ4n) is 2.52. The Balaban J connectivity index is 1.86. The minimum atomic E-state index is 0.324. The molecule has 0 radical (unpaired) electrons. The number of hydrogen-bond acceptors (Lipinski definition) is 5. The van der Waals surface area contributed by atoms with Crippen LogP contribution >= 0.6 is 23.1 Å². The van der Waals surface area contributed by atoms with Gasteiger partial charge in [-0.1, -0.05) is 17.4 Å². The first-order valence-corrected chi connectivity index (χ1v) is 8.65. The van der Waals surface area contributed by atoms with Crippen LogP contribution in [0, 0.1) is 5.92 Å². The van der Waals surface area contributed by atoms with Crippen molar-refractivity contribution >= 4 is 38.4 Å². The maximum absolute atomic E-state index is 9.20. The average Bonchev–Trinajstić information content (AvgIpc) is 2.91. The van der Waals surface area contributed by atoms with Crippen LogP contribution in [-0.4, -0.2) is 36.0 Å². The molecule has 0 spiro atoms. The summed E-state index contributed by atoms with van der Waals surface area (Å²) >= 11 is 3.54. The van der Waals surface area contributed by atoms with Crippen molar-refractivity contribution in [2.45, 2.75) is 17.7 Å². The number of anilines is 1. The van der Waals surface area contributed by atoms with E-state index in [0.29, 0.717) is 12.5 Å². The molecule has 5 heteroatoms. The van der Waals surface area contributed by atoms with Crippen molar-refractivity contribution in [1.29, 1.82) is 0 Å². The molecule has 1 N–H and O–H groups in total. The molecule has 0 aliphatic carbocycles. The normalized spacial score (nSPS) is 17.3. The van der Waals surface area contributed by atoms with Crippen molar-refractivity contribution in [2.75, 3.05) is 30.9 Å². The third-order valence-electron chi connectivity index (χ3n) is 3.73. The molecule has 0 amide bonds. The quantitative estimate of drug-likeness (QED) is 0.882. The smallest absolute Gasteiger partial charge is 0.186 e. The van der Waals surface area contributed by atoms with E-state index in [2.05, 4.69) is 29.4 Å².